The van der Waals surface area contributed by atoms with Crippen LogP contribution in [0.4, 0.5) is 11.4 Å². The maximum Gasteiger partial charge on any atom is 0.224 e. The van der Waals surface area contributed by atoms with E-state index in [1.807, 2.05) is 6.92 Å². The van der Waals surface area contributed by atoms with Crippen LogP contribution in [0.1, 0.15) is 26.2 Å². The fraction of sp³-hybridized carbons (Fsp3) is 0.467. The summed E-state index contributed by atoms with van der Waals surface area (Å²) in [6.45, 7) is 4.48. The van der Waals surface area contributed by atoms with Crippen LogP contribution >= 0.6 is 11.6 Å². The van der Waals surface area contributed by atoms with Crippen LogP contribution in [0, 0.1) is 11.3 Å². The maximum atomic E-state index is 11.9. The molecular formula is C15H21ClN4O. The molecule has 0 saturated heterocycles. The fourth-order valence-corrected chi connectivity index (χ4v) is 2.18. The lowest BCUT2D eigenvalue weighted by Crippen LogP contribution is -2.26. The first kappa shape index (κ1) is 17.3. The summed E-state index contributed by atoms with van der Waals surface area (Å²) >= 11 is 6.00. The molecule has 5 nitrogen and oxygen atoms in total. The van der Waals surface area contributed by atoms with Crippen LogP contribution in [0.2, 0.25) is 5.02 Å². The second kappa shape index (κ2) is 9.22. The molecule has 0 fully saturated rings. The van der Waals surface area contributed by atoms with E-state index >= 15 is 0 Å². The average molecular weight is 309 g/mol. The SMILES string of the molecule is CCN(CCC#N)CCCC(=O)Nc1ccc(N)cc1Cl. The minimum absolute atomic E-state index is 0.0713. The number of nitriles is 1. The molecule has 0 bridgehead atoms. The number of nitrogens with zero attached hydrogens (tertiary/aromatic N) is 2. The Balaban J connectivity index is 2.35. The van der Waals surface area contributed by atoms with Crippen LogP contribution in [0.5, 0.6) is 0 Å². The molecule has 0 unspecified atom stereocenters. The second-order valence-electron chi connectivity index (χ2n) is 4.73. The first-order valence-corrected chi connectivity index (χ1v) is 7.38. The largest absolute Gasteiger partial charge is 0.399 e. The zero-order valence-corrected chi connectivity index (χ0v) is 13.0. The lowest BCUT2D eigenvalue weighted by molar-refractivity contribution is -0.116. The van der Waals surface area contributed by atoms with Gasteiger partial charge in [0.25, 0.3) is 0 Å². The van der Waals surface area contributed by atoms with Crippen LogP contribution in [-0.2, 0) is 4.79 Å². The van der Waals surface area contributed by atoms with Crippen molar-refractivity contribution in [2.24, 2.45) is 0 Å². The molecular weight excluding hydrogens is 288 g/mol. The Morgan fingerprint density at radius 1 is 1.48 bits per heavy atom. The highest BCUT2D eigenvalue weighted by atomic mass is 35.5. The van der Waals surface area contributed by atoms with Crippen molar-refractivity contribution in [1.82, 2.24) is 4.90 Å². The van der Waals surface area contributed by atoms with Gasteiger partial charge in [0.1, 0.15) is 0 Å². The molecule has 0 radical (unpaired) electrons. The molecule has 0 heterocycles. The minimum atomic E-state index is -0.0713. The number of carbonyl (C=O) groups is 1. The molecule has 1 aromatic carbocycles. The van der Waals surface area contributed by atoms with Crippen LogP contribution in [0.15, 0.2) is 18.2 Å². The third-order valence-corrected chi connectivity index (χ3v) is 3.45. The molecule has 0 spiro atoms. The van der Waals surface area contributed by atoms with E-state index in [2.05, 4.69) is 16.3 Å². The van der Waals surface area contributed by atoms with Crippen LogP contribution < -0.4 is 11.1 Å². The molecule has 1 aromatic rings. The van der Waals surface area contributed by atoms with Crippen molar-refractivity contribution in [3.63, 3.8) is 0 Å². The maximum absolute atomic E-state index is 11.9. The van der Waals surface area contributed by atoms with Crippen LogP contribution in [-0.4, -0.2) is 30.4 Å². The summed E-state index contributed by atoms with van der Waals surface area (Å²) in [4.78, 5) is 14.0. The molecule has 0 atom stereocenters. The van der Waals surface area contributed by atoms with Gasteiger partial charge in [0.15, 0.2) is 0 Å². The first-order chi connectivity index (χ1) is 10.1. The van der Waals surface area contributed by atoms with Gasteiger partial charge in [0.2, 0.25) is 5.91 Å². The number of nitrogens with two attached hydrogens (primary N) is 1. The van der Waals surface area contributed by atoms with Gasteiger partial charge >= 0.3 is 0 Å². The van der Waals surface area contributed by atoms with E-state index in [-0.39, 0.29) is 5.91 Å². The van der Waals surface area contributed by atoms with Gasteiger partial charge in [-0.25, -0.2) is 0 Å². The Morgan fingerprint density at radius 3 is 2.86 bits per heavy atom. The molecule has 21 heavy (non-hydrogen) atoms. The van der Waals surface area contributed by atoms with Crippen molar-refractivity contribution in [1.29, 1.82) is 5.26 Å². The zero-order chi connectivity index (χ0) is 15.7. The number of nitrogen functional groups attached to an aromatic ring is 1. The van der Waals surface area contributed by atoms with Gasteiger partial charge in [0, 0.05) is 25.1 Å². The highest BCUT2D eigenvalue weighted by molar-refractivity contribution is 6.34. The standard InChI is InChI=1S/C15H21ClN4O/c1-2-20(10-4-8-17)9-3-5-15(21)19-14-7-6-12(18)11-13(14)16/h6-7,11H,2-5,9-10,18H2,1H3,(H,19,21). The van der Waals surface area contributed by atoms with E-state index in [0.29, 0.717) is 29.2 Å². The summed E-state index contributed by atoms with van der Waals surface area (Å²) in [6, 6.07) is 7.13. The highest BCUT2D eigenvalue weighted by Gasteiger charge is 2.07. The van der Waals surface area contributed by atoms with Crippen molar-refractivity contribution in [3.8, 4) is 6.07 Å². The molecule has 0 aromatic heterocycles. The molecule has 3 N–H and O–H groups in total. The molecule has 0 aliphatic heterocycles. The molecule has 1 amide bonds. The van der Waals surface area contributed by atoms with Gasteiger partial charge in [-0.2, -0.15) is 5.26 Å². The lowest BCUT2D eigenvalue weighted by Gasteiger charge is -2.18. The minimum Gasteiger partial charge on any atom is -0.399 e. The van der Waals surface area contributed by atoms with Gasteiger partial charge in [-0.1, -0.05) is 18.5 Å². The Hall–Kier alpha value is -1.77. The number of anilines is 2. The first-order valence-electron chi connectivity index (χ1n) is 7.01. The van der Waals surface area contributed by atoms with Crippen molar-refractivity contribution in [2.75, 3.05) is 30.7 Å². The predicted octanol–water partition coefficient (Wildman–Crippen LogP) is 2.88. The predicted molar refractivity (Wildman–Crippen MR) is 86.1 cm³/mol. The summed E-state index contributed by atoms with van der Waals surface area (Å²) < 4.78 is 0. The lowest BCUT2D eigenvalue weighted by atomic mass is 10.2. The number of amides is 1. The molecule has 0 aliphatic carbocycles. The number of hydrogen-bond acceptors (Lipinski definition) is 4. The summed E-state index contributed by atoms with van der Waals surface area (Å²) in [5.74, 6) is -0.0713. The fourth-order valence-electron chi connectivity index (χ4n) is 1.94. The smallest absolute Gasteiger partial charge is 0.224 e. The van der Waals surface area contributed by atoms with E-state index in [4.69, 9.17) is 22.6 Å². The molecule has 0 saturated carbocycles. The average Bonchev–Trinajstić information content (AvgIpc) is 2.45. The second-order valence-corrected chi connectivity index (χ2v) is 5.14. The van der Waals surface area contributed by atoms with E-state index in [0.717, 1.165) is 26.1 Å². The number of halogens is 1. The third kappa shape index (κ3) is 6.48. The molecule has 114 valence electrons. The van der Waals surface area contributed by atoms with Gasteiger partial charge in [-0.3, -0.25) is 4.79 Å². The van der Waals surface area contributed by atoms with E-state index in [1.165, 1.54) is 0 Å². The number of rotatable bonds is 8. The van der Waals surface area contributed by atoms with Crippen LogP contribution in [0.25, 0.3) is 0 Å². The van der Waals surface area contributed by atoms with Gasteiger partial charge in [-0.15, -0.1) is 0 Å². The van der Waals surface area contributed by atoms with Crippen LogP contribution in [0.3, 0.4) is 0 Å². The monoisotopic (exact) mass is 308 g/mol. The zero-order valence-electron chi connectivity index (χ0n) is 12.2. The Kier molecular flexibility index (Phi) is 7.59. The summed E-state index contributed by atoms with van der Waals surface area (Å²) in [5.41, 5.74) is 6.74. The van der Waals surface area contributed by atoms with Gasteiger partial charge in [-0.05, 0) is 37.7 Å². The molecule has 0 aliphatic rings. The number of nitrogens with one attached hydrogen (secondary N) is 1. The topological polar surface area (TPSA) is 82.2 Å². The quantitative estimate of drug-likeness (QED) is 0.723. The highest BCUT2D eigenvalue weighted by Crippen LogP contribution is 2.24. The Morgan fingerprint density at radius 2 is 2.24 bits per heavy atom. The van der Waals surface area contributed by atoms with E-state index in [9.17, 15) is 4.79 Å². The van der Waals surface area contributed by atoms with E-state index in [1.54, 1.807) is 18.2 Å². The normalized spacial score (nSPS) is 10.4. The molecule has 6 heteroatoms. The van der Waals surface area contributed by atoms with Crippen molar-refractivity contribution in [2.45, 2.75) is 26.2 Å². The number of carbonyl (C=O) groups excluding carboxylic acids is 1. The molecule has 1 rings (SSSR count). The van der Waals surface area contributed by atoms with Crippen molar-refractivity contribution in [3.05, 3.63) is 23.2 Å². The number of hydrogen-bond donors (Lipinski definition) is 2. The third-order valence-electron chi connectivity index (χ3n) is 3.13. The van der Waals surface area contributed by atoms with Gasteiger partial charge < -0.3 is 16.0 Å². The Bertz CT molecular complexity index is 513. The summed E-state index contributed by atoms with van der Waals surface area (Å²) in [7, 11) is 0. The van der Waals surface area contributed by atoms with Crippen molar-refractivity contribution >= 4 is 28.9 Å². The number of benzene rings is 1. The van der Waals surface area contributed by atoms with Gasteiger partial charge in [0.05, 0.1) is 16.8 Å². The summed E-state index contributed by atoms with van der Waals surface area (Å²) in [6.07, 6.45) is 1.68. The Labute approximate surface area is 130 Å². The van der Waals surface area contributed by atoms with Crippen molar-refractivity contribution < 1.29 is 4.79 Å². The summed E-state index contributed by atoms with van der Waals surface area (Å²) in [5, 5.41) is 11.8. The van der Waals surface area contributed by atoms with E-state index < -0.39 is 0 Å².